The average Bonchev–Trinajstić information content (AvgIpc) is 3.04. The normalized spacial score (nSPS) is 18.9. The van der Waals surface area contributed by atoms with E-state index in [1.807, 2.05) is 0 Å². The van der Waals surface area contributed by atoms with Crippen LogP contribution < -0.4 is 5.73 Å². The van der Waals surface area contributed by atoms with Gasteiger partial charge in [0.2, 0.25) is 0 Å². The minimum atomic E-state index is -0.402. The Bertz CT molecular complexity index is 1050. The van der Waals surface area contributed by atoms with Crippen molar-refractivity contribution in [2.24, 2.45) is 0 Å². The van der Waals surface area contributed by atoms with E-state index in [1.54, 1.807) is 23.5 Å². The number of thioether (sulfide) groups is 1. The van der Waals surface area contributed by atoms with Gasteiger partial charge in [0.05, 0.1) is 22.5 Å². The Morgan fingerprint density at radius 2 is 2.11 bits per heavy atom. The van der Waals surface area contributed by atoms with Crippen molar-refractivity contribution < 1.29 is 9.66 Å². The summed E-state index contributed by atoms with van der Waals surface area (Å²) in [6.45, 7) is 4.85. The van der Waals surface area contributed by atoms with E-state index in [-0.39, 0.29) is 11.3 Å². The maximum atomic E-state index is 10.8. The minimum Gasteiger partial charge on any atom is -0.383 e. The number of nitro benzene ring substituents is 1. The molecule has 9 heteroatoms. The zero-order valence-electron chi connectivity index (χ0n) is 15.6. The summed E-state index contributed by atoms with van der Waals surface area (Å²) in [5.74, 6) is 1.12. The highest BCUT2D eigenvalue weighted by molar-refractivity contribution is 7.98. The standard InChI is InChI=1S/C19H20N4O3S2/c1-3-19(2)8-13-14(9-26-19)28-17-15(13)16(20)21-18(22-17)27-10-11-4-6-12(7-5-11)23(24)25/h4-7H,3,8-10H2,1-2H3,(H2,20,21,22). The number of fused-ring (bicyclic) bond motifs is 3. The Kier molecular flexibility index (Phi) is 4.98. The third kappa shape index (κ3) is 3.57. The van der Waals surface area contributed by atoms with Crippen LogP contribution >= 0.6 is 23.1 Å². The molecule has 0 bridgehead atoms. The highest BCUT2D eigenvalue weighted by Gasteiger charge is 2.33. The summed E-state index contributed by atoms with van der Waals surface area (Å²) in [7, 11) is 0. The predicted molar refractivity (Wildman–Crippen MR) is 112 cm³/mol. The van der Waals surface area contributed by atoms with Crippen LogP contribution in [0.2, 0.25) is 0 Å². The summed E-state index contributed by atoms with van der Waals surface area (Å²) < 4.78 is 6.04. The van der Waals surface area contributed by atoms with E-state index >= 15 is 0 Å². The van der Waals surface area contributed by atoms with Gasteiger partial charge in [-0.25, -0.2) is 9.97 Å². The Morgan fingerprint density at radius 3 is 2.79 bits per heavy atom. The van der Waals surface area contributed by atoms with Gasteiger partial charge in [-0.05, 0) is 24.5 Å². The van der Waals surface area contributed by atoms with Crippen molar-refractivity contribution in [3.8, 4) is 0 Å². The third-order valence-corrected chi connectivity index (χ3v) is 7.12. The lowest BCUT2D eigenvalue weighted by molar-refractivity contribution is -0.384. The first-order valence-corrected chi connectivity index (χ1v) is 10.8. The average molecular weight is 417 g/mol. The fourth-order valence-corrected chi connectivity index (χ4v) is 5.21. The lowest BCUT2D eigenvalue weighted by Gasteiger charge is -2.33. The van der Waals surface area contributed by atoms with Crippen molar-refractivity contribution in [3.05, 3.63) is 50.4 Å². The van der Waals surface area contributed by atoms with Gasteiger partial charge in [-0.15, -0.1) is 11.3 Å². The highest BCUT2D eigenvalue weighted by atomic mass is 32.2. The molecule has 7 nitrogen and oxygen atoms in total. The molecule has 0 amide bonds. The molecular formula is C19H20N4O3S2. The fourth-order valence-electron chi connectivity index (χ4n) is 3.23. The van der Waals surface area contributed by atoms with Crippen LogP contribution in [-0.2, 0) is 23.5 Å². The molecule has 2 aromatic heterocycles. The van der Waals surface area contributed by atoms with Gasteiger partial charge in [-0.2, -0.15) is 0 Å². The molecule has 3 aromatic rings. The molecule has 28 heavy (non-hydrogen) atoms. The van der Waals surface area contributed by atoms with Crippen molar-refractivity contribution in [1.29, 1.82) is 0 Å². The Morgan fingerprint density at radius 1 is 1.36 bits per heavy atom. The second kappa shape index (κ2) is 7.31. The van der Waals surface area contributed by atoms with Crippen LogP contribution in [0.15, 0.2) is 29.4 Å². The molecule has 0 fully saturated rings. The van der Waals surface area contributed by atoms with E-state index < -0.39 is 4.92 Å². The van der Waals surface area contributed by atoms with Crippen LogP contribution in [-0.4, -0.2) is 20.5 Å². The third-order valence-electron chi connectivity index (χ3n) is 5.11. The molecule has 1 aliphatic heterocycles. The first kappa shape index (κ1) is 19.1. The van der Waals surface area contributed by atoms with Crippen LogP contribution in [0.4, 0.5) is 11.5 Å². The topological polar surface area (TPSA) is 104 Å². The molecule has 4 rings (SSSR count). The van der Waals surface area contributed by atoms with E-state index in [4.69, 9.17) is 15.5 Å². The van der Waals surface area contributed by atoms with Crippen molar-refractivity contribution in [2.75, 3.05) is 5.73 Å². The van der Waals surface area contributed by atoms with Crippen LogP contribution in [0.25, 0.3) is 10.2 Å². The molecule has 0 spiro atoms. The number of benzene rings is 1. The summed E-state index contributed by atoms with van der Waals surface area (Å²) in [5.41, 5.74) is 8.41. The number of nitrogens with zero attached hydrogens (tertiary/aromatic N) is 3. The minimum absolute atomic E-state index is 0.0844. The lowest BCUT2D eigenvalue weighted by Crippen LogP contribution is -2.33. The molecule has 1 atom stereocenters. The van der Waals surface area contributed by atoms with E-state index in [0.717, 1.165) is 28.6 Å². The van der Waals surface area contributed by atoms with Crippen LogP contribution in [0.3, 0.4) is 0 Å². The molecule has 0 saturated carbocycles. The number of hydrogen-bond acceptors (Lipinski definition) is 8. The van der Waals surface area contributed by atoms with E-state index in [1.165, 1.54) is 34.3 Å². The first-order chi connectivity index (χ1) is 13.4. The number of thiophene rings is 1. The molecular weight excluding hydrogens is 396 g/mol. The number of hydrogen-bond donors (Lipinski definition) is 1. The number of nitrogens with two attached hydrogens (primary N) is 1. The number of aromatic nitrogens is 2. The van der Waals surface area contributed by atoms with Crippen molar-refractivity contribution in [2.45, 2.75) is 49.8 Å². The second-order valence-corrected chi connectivity index (χ2v) is 9.08. The molecule has 0 aliphatic carbocycles. The molecule has 1 aromatic carbocycles. The van der Waals surface area contributed by atoms with Gasteiger partial charge in [0, 0.05) is 29.2 Å². The Balaban J connectivity index is 1.57. The zero-order chi connectivity index (χ0) is 19.9. The Hall–Kier alpha value is -2.23. The SMILES string of the molecule is CCC1(C)Cc2c(sc3nc(SCc4ccc([N+](=O)[O-])cc4)nc(N)c23)CO1. The van der Waals surface area contributed by atoms with Crippen LogP contribution in [0, 0.1) is 10.1 Å². The zero-order valence-corrected chi connectivity index (χ0v) is 17.2. The number of ether oxygens (including phenoxy) is 1. The molecule has 146 valence electrons. The van der Waals surface area contributed by atoms with Gasteiger partial charge in [0.15, 0.2) is 5.16 Å². The molecule has 3 heterocycles. The summed E-state index contributed by atoms with van der Waals surface area (Å²) in [5, 5.41) is 12.3. The second-order valence-electron chi connectivity index (χ2n) is 7.06. The number of nitro groups is 1. The maximum absolute atomic E-state index is 10.8. The summed E-state index contributed by atoms with van der Waals surface area (Å²) in [4.78, 5) is 21.6. The first-order valence-electron chi connectivity index (χ1n) is 8.96. The number of rotatable bonds is 5. The molecule has 1 unspecified atom stereocenters. The van der Waals surface area contributed by atoms with Gasteiger partial charge < -0.3 is 10.5 Å². The summed E-state index contributed by atoms with van der Waals surface area (Å²) >= 11 is 3.09. The van der Waals surface area contributed by atoms with Gasteiger partial charge in [0.25, 0.3) is 5.69 Å². The van der Waals surface area contributed by atoms with Gasteiger partial charge in [-0.1, -0.05) is 30.8 Å². The van der Waals surface area contributed by atoms with Crippen LogP contribution in [0.1, 0.15) is 36.3 Å². The van der Waals surface area contributed by atoms with E-state index in [2.05, 4.69) is 18.8 Å². The Labute approximate surface area is 170 Å². The number of nitrogen functional groups attached to an aromatic ring is 1. The fraction of sp³-hybridized carbons (Fsp3) is 0.368. The number of anilines is 1. The molecule has 0 saturated heterocycles. The highest BCUT2D eigenvalue weighted by Crippen LogP contribution is 2.41. The van der Waals surface area contributed by atoms with Gasteiger partial charge in [0.1, 0.15) is 10.6 Å². The molecule has 2 N–H and O–H groups in total. The maximum Gasteiger partial charge on any atom is 0.269 e. The number of non-ortho nitro benzene ring substituents is 1. The lowest BCUT2D eigenvalue weighted by atomic mass is 9.90. The largest absolute Gasteiger partial charge is 0.383 e. The van der Waals surface area contributed by atoms with E-state index in [9.17, 15) is 10.1 Å². The van der Waals surface area contributed by atoms with Crippen molar-refractivity contribution >= 4 is 44.8 Å². The summed E-state index contributed by atoms with van der Waals surface area (Å²) in [6.07, 6.45) is 1.76. The monoisotopic (exact) mass is 416 g/mol. The van der Waals surface area contributed by atoms with Crippen LogP contribution in [0.5, 0.6) is 0 Å². The quantitative estimate of drug-likeness (QED) is 0.278. The predicted octanol–water partition coefficient (Wildman–Crippen LogP) is 4.72. The van der Waals surface area contributed by atoms with Gasteiger partial charge >= 0.3 is 0 Å². The summed E-state index contributed by atoms with van der Waals surface area (Å²) in [6, 6.07) is 6.51. The van der Waals surface area contributed by atoms with Gasteiger partial charge in [-0.3, -0.25) is 10.1 Å². The molecule has 0 radical (unpaired) electrons. The molecule has 1 aliphatic rings. The van der Waals surface area contributed by atoms with E-state index in [0.29, 0.717) is 23.3 Å². The smallest absolute Gasteiger partial charge is 0.269 e. The van der Waals surface area contributed by atoms with Crippen molar-refractivity contribution in [3.63, 3.8) is 0 Å². The van der Waals surface area contributed by atoms with Crippen molar-refractivity contribution in [1.82, 2.24) is 9.97 Å².